The van der Waals surface area contributed by atoms with Crippen LogP contribution in [-0.2, 0) is 9.59 Å². The van der Waals surface area contributed by atoms with Crippen LogP contribution in [0.1, 0.15) is 0 Å². The molecule has 0 atom stereocenters. The minimum atomic E-state index is -1.15. The second kappa shape index (κ2) is 4.52. The van der Waals surface area contributed by atoms with Crippen LogP contribution in [0.3, 0.4) is 0 Å². The SMILES string of the molecule is O=C(O)/C=C/C(=O)Nc1ccc2[nH]ccc2c1. The van der Waals surface area contributed by atoms with Crippen LogP contribution in [0.2, 0.25) is 0 Å². The number of carboxylic acids is 1. The van der Waals surface area contributed by atoms with Crippen LogP contribution in [0.4, 0.5) is 5.69 Å². The van der Waals surface area contributed by atoms with Crippen LogP contribution in [0, 0.1) is 0 Å². The molecule has 2 aromatic rings. The van der Waals surface area contributed by atoms with E-state index in [1.54, 1.807) is 18.3 Å². The molecule has 0 spiro atoms. The van der Waals surface area contributed by atoms with Crippen LogP contribution < -0.4 is 5.32 Å². The Bertz CT molecular complexity index is 599. The van der Waals surface area contributed by atoms with Gasteiger partial charge in [0.15, 0.2) is 0 Å². The van der Waals surface area contributed by atoms with E-state index < -0.39 is 11.9 Å². The Labute approximate surface area is 96.8 Å². The Morgan fingerprint density at radius 2 is 2.06 bits per heavy atom. The van der Waals surface area contributed by atoms with Gasteiger partial charge in [-0.25, -0.2) is 4.79 Å². The standard InChI is InChI=1S/C12H10N2O3/c15-11(3-4-12(16)17)14-9-1-2-10-8(7-9)5-6-13-10/h1-7,13H,(H,14,15)(H,16,17)/b4-3+. The quantitative estimate of drug-likeness (QED) is 0.702. The van der Waals surface area contributed by atoms with E-state index in [0.29, 0.717) is 5.69 Å². The van der Waals surface area contributed by atoms with Crippen molar-refractivity contribution in [2.45, 2.75) is 0 Å². The Morgan fingerprint density at radius 1 is 1.24 bits per heavy atom. The number of carbonyl (C=O) groups is 2. The summed E-state index contributed by atoms with van der Waals surface area (Å²) in [4.78, 5) is 24.6. The molecular weight excluding hydrogens is 220 g/mol. The predicted octanol–water partition coefficient (Wildman–Crippen LogP) is 1.75. The lowest BCUT2D eigenvalue weighted by molar-refractivity contribution is -0.131. The average molecular weight is 230 g/mol. The lowest BCUT2D eigenvalue weighted by atomic mass is 10.2. The molecule has 1 heterocycles. The van der Waals surface area contributed by atoms with E-state index in [-0.39, 0.29) is 0 Å². The zero-order valence-corrected chi connectivity index (χ0v) is 8.81. The smallest absolute Gasteiger partial charge is 0.328 e. The summed E-state index contributed by atoms with van der Waals surface area (Å²) in [7, 11) is 0. The topological polar surface area (TPSA) is 82.2 Å². The highest BCUT2D eigenvalue weighted by atomic mass is 16.4. The summed E-state index contributed by atoms with van der Waals surface area (Å²) in [6.45, 7) is 0. The summed E-state index contributed by atoms with van der Waals surface area (Å²) in [6, 6.07) is 7.27. The minimum absolute atomic E-state index is 0.470. The number of amides is 1. The van der Waals surface area contributed by atoms with Crippen LogP contribution in [0.25, 0.3) is 10.9 Å². The molecule has 0 saturated carbocycles. The lowest BCUT2D eigenvalue weighted by Gasteiger charge is -2.01. The third-order valence-electron chi connectivity index (χ3n) is 2.20. The maximum Gasteiger partial charge on any atom is 0.328 e. The summed E-state index contributed by atoms with van der Waals surface area (Å²) < 4.78 is 0. The fourth-order valence-electron chi connectivity index (χ4n) is 1.46. The second-order valence-corrected chi connectivity index (χ2v) is 3.44. The van der Waals surface area contributed by atoms with Crippen molar-refractivity contribution in [2.24, 2.45) is 0 Å². The van der Waals surface area contributed by atoms with Crippen molar-refractivity contribution in [1.29, 1.82) is 0 Å². The van der Waals surface area contributed by atoms with Crippen LogP contribution >= 0.6 is 0 Å². The molecule has 0 radical (unpaired) electrons. The number of fused-ring (bicyclic) bond motifs is 1. The summed E-state index contributed by atoms with van der Waals surface area (Å²) in [5.74, 6) is -1.62. The highest BCUT2D eigenvalue weighted by Crippen LogP contribution is 2.17. The van der Waals surface area contributed by atoms with Gasteiger partial charge in [0.25, 0.3) is 0 Å². The van der Waals surface area contributed by atoms with Gasteiger partial charge in [-0.1, -0.05) is 0 Å². The van der Waals surface area contributed by atoms with Crippen molar-refractivity contribution >= 4 is 28.5 Å². The van der Waals surface area contributed by atoms with E-state index in [1.165, 1.54) is 0 Å². The molecule has 5 heteroatoms. The number of hydrogen-bond donors (Lipinski definition) is 3. The molecule has 17 heavy (non-hydrogen) atoms. The van der Waals surface area contributed by atoms with E-state index >= 15 is 0 Å². The molecule has 0 saturated heterocycles. The monoisotopic (exact) mass is 230 g/mol. The van der Waals surface area contributed by atoms with E-state index in [2.05, 4.69) is 10.3 Å². The molecule has 86 valence electrons. The Balaban J connectivity index is 2.12. The van der Waals surface area contributed by atoms with Crippen molar-refractivity contribution in [2.75, 3.05) is 5.32 Å². The molecule has 0 bridgehead atoms. The number of aliphatic carboxylic acids is 1. The number of nitrogens with one attached hydrogen (secondary N) is 2. The van der Waals surface area contributed by atoms with Gasteiger partial charge in [-0.2, -0.15) is 0 Å². The molecule has 0 fully saturated rings. The summed E-state index contributed by atoms with van der Waals surface area (Å²) in [5.41, 5.74) is 1.60. The first kappa shape index (κ1) is 10.9. The largest absolute Gasteiger partial charge is 0.478 e. The maximum absolute atomic E-state index is 11.3. The number of rotatable bonds is 3. The Morgan fingerprint density at radius 3 is 2.82 bits per heavy atom. The number of carbonyl (C=O) groups excluding carboxylic acids is 1. The number of aromatic nitrogens is 1. The molecule has 3 N–H and O–H groups in total. The highest BCUT2D eigenvalue weighted by Gasteiger charge is 2.00. The summed E-state index contributed by atoms with van der Waals surface area (Å²) in [5, 5.41) is 11.9. The number of benzene rings is 1. The fraction of sp³-hybridized carbons (Fsp3) is 0. The van der Waals surface area contributed by atoms with Gasteiger partial charge in [0.05, 0.1) is 0 Å². The summed E-state index contributed by atoms with van der Waals surface area (Å²) in [6.07, 6.45) is 3.58. The maximum atomic E-state index is 11.3. The fourth-order valence-corrected chi connectivity index (χ4v) is 1.46. The van der Waals surface area contributed by atoms with Gasteiger partial charge in [0, 0.05) is 34.9 Å². The molecule has 0 unspecified atom stereocenters. The number of carboxylic acid groups (broad SMARTS) is 1. The van der Waals surface area contributed by atoms with Gasteiger partial charge in [0.2, 0.25) is 5.91 Å². The van der Waals surface area contributed by atoms with Crippen molar-refractivity contribution in [1.82, 2.24) is 4.98 Å². The third kappa shape index (κ3) is 2.72. The van der Waals surface area contributed by atoms with Gasteiger partial charge in [0.1, 0.15) is 0 Å². The molecule has 0 aliphatic heterocycles. The predicted molar refractivity (Wildman–Crippen MR) is 63.7 cm³/mol. The zero-order valence-electron chi connectivity index (χ0n) is 8.81. The molecule has 1 aromatic heterocycles. The third-order valence-corrected chi connectivity index (χ3v) is 2.20. The first-order chi connectivity index (χ1) is 8.15. The molecule has 2 rings (SSSR count). The van der Waals surface area contributed by atoms with E-state index in [1.807, 2.05) is 12.1 Å². The molecule has 5 nitrogen and oxygen atoms in total. The van der Waals surface area contributed by atoms with Crippen LogP contribution in [0.5, 0.6) is 0 Å². The number of hydrogen-bond acceptors (Lipinski definition) is 2. The molecule has 1 aromatic carbocycles. The van der Waals surface area contributed by atoms with Crippen molar-refractivity contribution in [3.63, 3.8) is 0 Å². The van der Waals surface area contributed by atoms with Crippen LogP contribution in [0.15, 0.2) is 42.6 Å². The molecule has 0 aliphatic rings. The zero-order chi connectivity index (χ0) is 12.3. The minimum Gasteiger partial charge on any atom is -0.478 e. The first-order valence-electron chi connectivity index (χ1n) is 4.94. The number of H-pyrrole nitrogens is 1. The molecular formula is C12H10N2O3. The van der Waals surface area contributed by atoms with Gasteiger partial charge < -0.3 is 15.4 Å². The molecule has 1 amide bonds. The Hall–Kier alpha value is -2.56. The van der Waals surface area contributed by atoms with Crippen molar-refractivity contribution in [3.05, 3.63) is 42.6 Å². The Kier molecular flexibility index (Phi) is 2.91. The van der Waals surface area contributed by atoms with E-state index in [9.17, 15) is 9.59 Å². The van der Waals surface area contributed by atoms with Gasteiger partial charge >= 0.3 is 5.97 Å². The van der Waals surface area contributed by atoms with Gasteiger partial charge in [-0.3, -0.25) is 4.79 Å². The normalized spacial score (nSPS) is 10.8. The first-order valence-corrected chi connectivity index (χ1v) is 4.94. The van der Waals surface area contributed by atoms with Crippen molar-refractivity contribution in [3.8, 4) is 0 Å². The second-order valence-electron chi connectivity index (χ2n) is 3.44. The number of anilines is 1. The van der Waals surface area contributed by atoms with Crippen molar-refractivity contribution < 1.29 is 14.7 Å². The highest BCUT2D eigenvalue weighted by molar-refractivity contribution is 6.03. The van der Waals surface area contributed by atoms with Gasteiger partial charge in [-0.05, 0) is 24.3 Å². The van der Waals surface area contributed by atoms with Crippen LogP contribution in [-0.4, -0.2) is 22.0 Å². The van der Waals surface area contributed by atoms with E-state index in [0.717, 1.165) is 23.1 Å². The average Bonchev–Trinajstić information content (AvgIpc) is 2.73. The number of aromatic amines is 1. The lowest BCUT2D eigenvalue weighted by Crippen LogP contribution is -2.08. The summed E-state index contributed by atoms with van der Waals surface area (Å²) >= 11 is 0. The molecule has 0 aliphatic carbocycles. The van der Waals surface area contributed by atoms with E-state index in [4.69, 9.17) is 5.11 Å². The van der Waals surface area contributed by atoms with Gasteiger partial charge in [-0.15, -0.1) is 0 Å².